The molecule has 2 aromatic carbocycles. The number of nitrogens with zero attached hydrogens (tertiary/aromatic N) is 1. The van der Waals surface area contributed by atoms with Crippen molar-refractivity contribution in [1.82, 2.24) is 20.9 Å². The molecule has 0 aliphatic carbocycles. The van der Waals surface area contributed by atoms with Crippen molar-refractivity contribution in [3.8, 4) is 5.75 Å². The standard InChI is InChI=1S/C35H44N4O7/c1-5-11-27(31(41)33(43)36-17-6-2)37-32(42)28-21-26-22-39(28)34(44)30(24-13-8-7-9-14-24)38-29(40)20-23-12-10-15-25(19-23)45-18-16-35(3,4)46-26/h6-10,12-15,19,26-28,30H,2,5,11,16-18,20-22H2,1,3-4H3,(H,36,43)(H,37,42)(H,38,40)/t26-,27?,28?,30+/m1/s1. The smallest absolute Gasteiger partial charge is 0.289 e. The summed E-state index contributed by atoms with van der Waals surface area (Å²) in [4.78, 5) is 68.5. The molecular formula is C35H44N4O7. The summed E-state index contributed by atoms with van der Waals surface area (Å²) in [6.07, 6.45) is 2.41. The molecule has 0 radical (unpaired) electrons. The Morgan fingerprint density at radius 1 is 1.13 bits per heavy atom. The van der Waals surface area contributed by atoms with E-state index in [1.807, 2.05) is 45.0 Å². The van der Waals surface area contributed by atoms with Gasteiger partial charge < -0.3 is 30.3 Å². The molecule has 2 aromatic rings. The number of ether oxygens (including phenoxy) is 2. The molecule has 2 heterocycles. The van der Waals surface area contributed by atoms with E-state index >= 15 is 0 Å². The van der Waals surface area contributed by atoms with Gasteiger partial charge in [0.2, 0.25) is 17.6 Å². The summed E-state index contributed by atoms with van der Waals surface area (Å²) in [5, 5.41) is 8.09. The SMILES string of the molecule is C=CCNC(=O)C(=O)C(CCC)NC(=O)C1C[C@@H]2CN1C(=O)[C@H](c1ccccc1)NC(=O)Cc1cccc(c1)OCCC(C)(C)O2. The molecule has 46 heavy (non-hydrogen) atoms. The Morgan fingerprint density at radius 3 is 2.61 bits per heavy atom. The fraction of sp³-hybridized carbons (Fsp3) is 0.457. The van der Waals surface area contributed by atoms with Gasteiger partial charge in [-0.05, 0) is 43.5 Å². The first-order valence-corrected chi connectivity index (χ1v) is 15.8. The summed E-state index contributed by atoms with van der Waals surface area (Å²) in [5.41, 5.74) is 0.621. The lowest BCUT2D eigenvalue weighted by atomic mass is 10.0. The van der Waals surface area contributed by atoms with E-state index < -0.39 is 53.3 Å². The van der Waals surface area contributed by atoms with E-state index in [4.69, 9.17) is 9.47 Å². The number of benzene rings is 2. The average Bonchev–Trinajstić information content (AvgIpc) is 3.44. The van der Waals surface area contributed by atoms with Crippen LogP contribution in [0.1, 0.15) is 63.6 Å². The Hall–Kier alpha value is -4.51. The van der Waals surface area contributed by atoms with Crippen molar-refractivity contribution < 1.29 is 33.4 Å². The highest BCUT2D eigenvalue weighted by atomic mass is 16.5. The van der Waals surface area contributed by atoms with Crippen molar-refractivity contribution >= 4 is 29.4 Å². The topological polar surface area (TPSA) is 143 Å². The second-order valence-electron chi connectivity index (χ2n) is 12.3. The van der Waals surface area contributed by atoms with E-state index in [2.05, 4.69) is 22.5 Å². The molecule has 4 atom stereocenters. The van der Waals surface area contributed by atoms with Gasteiger partial charge in [0.15, 0.2) is 0 Å². The summed E-state index contributed by atoms with van der Waals surface area (Å²) in [5.74, 6) is -2.39. The number of ketones is 1. The molecule has 11 heteroatoms. The number of Topliss-reactive ketones (excluding diaryl/α,β-unsaturated/α-hetero) is 1. The zero-order valence-corrected chi connectivity index (χ0v) is 26.8. The van der Waals surface area contributed by atoms with Crippen LogP contribution in [0.2, 0.25) is 0 Å². The summed E-state index contributed by atoms with van der Waals surface area (Å²) < 4.78 is 12.5. The van der Waals surface area contributed by atoms with E-state index in [0.717, 1.165) is 5.56 Å². The van der Waals surface area contributed by atoms with Crippen molar-refractivity contribution in [3.63, 3.8) is 0 Å². The van der Waals surface area contributed by atoms with Crippen LogP contribution >= 0.6 is 0 Å². The molecule has 0 spiro atoms. The highest BCUT2D eigenvalue weighted by Gasteiger charge is 2.45. The number of amides is 4. The van der Waals surface area contributed by atoms with Gasteiger partial charge in [0.05, 0.1) is 30.8 Å². The van der Waals surface area contributed by atoms with Crippen LogP contribution in [0.25, 0.3) is 0 Å². The molecule has 4 rings (SSSR count). The predicted octanol–water partition coefficient (Wildman–Crippen LogP) is 2.79. The number of nitrogens with one attached hydrogen (secondary N) is 3. The molecule has 3 N–H and O–H groups in total. The Kier molecular flexibility index (Phi) is 11.7. The van der Waals surface area contributed by atoms with E-state index in [1.54, 1.807) is 30.3 Å². The van der Waals surface area contributed by atoms with Crippen molar-refractivity contribution in [2.45, 2.75) is 82.7 Å². The molecule has 4 bridgehead atoms. The highest BCUT2D eigenvalue weighted by Crippen LogP contribution is 2.30. The quantitative estimate of drug-likeness (QED) is 0.285. The first kappa shape index (κ1) is 34.4. The van der Waals surface area contributed by atoms with Gasteiger partial charge in [-0.3, -0.25) is 24.0 Å². The van der Waals surface area contributed by atoms with Crippen molar-refractivity contribution in [2.24, 2.45) is 0 Å². The zero-order valence-electron chi connectivity index (χ0n) is 26.8. The first-order chi connectivity index (χ1) is 22.0. The minimum atomic E-state index is -1.08. The van der Waals surface area contributed by atoms with Gasteiger partial charge in [-0.25, -0.2) is 0 Å². The van der Waals surface area contributed by atoms with Crippen LogP contribution < -0.4 is 20.7 Å². The minimum absolute atomic E-state index is 0.0175. The Labute approximate surface area is 270 Å². The molecule has 2 aliphatic heterocycles. The van der Waals surface area contributed by atoms with E-state index in [9.17, 15) is 24.0 Å². The monoisotopic (exact) mass is 632 g/mol. The van der Waals surface area contributed by atoms with Crippen LogP contribution in [-0.2, 0) is 35.1 Å². The van der Waals surface area contributed by atoms with Crippen molar-refractivity contribution in [3.05, 3.63) is 78.4 Å². The molecule has 1 saturated heterocycles. The van der Waals surface area contributed by atoms with E-state index in [1.165, 1.54) is 11.0 Å². The maximum atomic E-state index is 14.4. The third-order valence-electron chi connectivity index (χ3n) is 8.10. The minimum Gasteiger partial charge on any atom is -0.493 e. The highest BCUT2D eigenvalue weighted by molar-refractivity contribution is 6.38. The van der Waals surface area contributed by atoms with Crippen LogP contribution in [0.3, 0.4) is 0 Å². The Morgan fingerprint density at radius 2 is 1.89 bits per heavy atom. The van der Waals surface area contributed by atoms with Crippen LogP contribution in [0.5, 0.6) is 5.75 Å². The maximum Gasteiger partial charge on any atom is 0.289 e. The van der Waals surface area contributed by atoms with Crippen LogP contribution in [0.15, 0.2) is 67.3 Å². The molecule has 1 fully saturated rings. The lowest BCUT2D eigenvalue weighted by Gasteiger charge is -2.31. The summed E-state index contributed by atoms with van der Waals surface area (Å²) in [6, 6.07) is 12.9. The molecular weight excluding hydrogens is 588 g/mol. The third kappa shape index (κ3) is 9.03. The van der Waals surface area contributed by atoms with Gasteiger partial charge in [0, 0.05) is 25.9 Å². The van der Waals surface area contributed by atoms with E-state index in [0.29, 0.717) is 30.8 Å². The molecule has 2 unspecified atom stereocenters. The molecule has 11 nitrogen and oxygen atoms in total. The Bertz CT molecular complexity index is 1430. The molecule has 2 aliphatic rings. The van der Waals surface area contributed by atoms with Crippen molar-refractivity contribution in [2.75, 3.05) is 19.7 Å². The molecule has 0 aromatic heterocycles. The van der Waals surface area contributed by atoms with Gasteiger partial charge in [-0.1, -0.05) is 61.9 Å². The predicted molar refractivity (Wildman–Crippen MR) is 172 cm³/mol. The van der Waals surface area contributed by atoms with Gasteiger partial charge in [-0.15, -0.1) is 6.58 Å². The number of carbonyl (C=O) groups excluding carboxylic acids is 5. The lowest BCUT2D eigenvalue weighted by Crippen LogP contribution is -2.54. The van der Waals surface area contributed by atoms with Crippen LogP contribution in [0.4, 0.5) is 0 Å². The summed E-state index contributed by atoms with van der Waals surface area (Å²) in [7, 11) is 0. The molecule has 246 valence electrons. The normalized spacial score (nSPS) is 22.2. The van der Waals surface area contributed by atoms with Crippen molar-refractivity contribution in [1.29, 1.82) is 0 Å². The summed E-state index contributed by atoms with van der Waals surface area (Å²) in [6.45, 7) is 9.80. The van der Waals surface area contributed by atoms with E-state index in [-0.39, 0.29) is 38.3 Å². The first-order valence-electron chi connectivity index (χ1n) is 15.8. The largest absolute Gasteiger partial charge is 0.493 e. The fourth-order valence-corrected chi connectivity index (χ4v) is 5.78. The third-order valence-corrected chi connectivity index (χ3v) is 8.10. The fourth-order valence-electron chi connectivity index (χ4n) is 5.78. The van der Waals surface area contributed by atoms with Crippen LogP contribution in [0, 0.1) is 0 Å². The number of fused-ring (bicyclic) bond motifs is 4. The number of carbonyl (C=O) groups is 5. The van der Waals surface area contributed by atoms with Crippen LogP contribution in [-0.4, -0.2) is 77.8 Å². The molecule has 4 amide bonds. The second-order valence-corrected chi connectivity index (χ2v) is 12.3. The number of hydrogen-bond acceptors (Lipinski definition) is 7. The maximum absolute atomic E-state index is 14.4. The van der Waals surface area contributed by atoms with Gasteiger partial charge in [0.25, 0.3) is 11.8 Å². The second kappa shape index (κ2) is 15.7. The number of hydrogen-bond donors (Lipinski definition) is 3. The molecule has 0 saturated carbocycles. The Balaban J connectivity index is 1.67. The van der Waals surface area contributed by atoms with Gasteiger partial charge >= 0.3 is 0 Å². The zero-order chi connectivity index (χ0) is 33.3. The number of rotatable bonds is 9. The summed E-state index contributed by atoms with van der Waals surface area (Å²) >= 11 is 0. The lowest BCUT2D eigenvalue weighted by molar-refractivity contribution is -0.143. The van der Waals surface area contributed by atoms with Gasteiger partial charge in [0.1, 0.15) is 17.8 Å². The average molecular weight is 633 g/mol. The van der Waals surface area contributed by atoms with Gasteiger partial charge in [-0.2, -0.15) is 0 Å².